The summed E-state index contributed by atoms with van der Waals surface area (Å²) in [7, 11) is 3.47. The first-order valence-corrected chi connectivity index (χ1v) is 12.2. The second-order valence-corrected chi connectivity index (χ2v) is 9.86. The predicted octanol–water partition coefficient (Wildman–Crippen LogP) is 3.33. The standard InChI is InChI=1S/C27H28N6O3/c1-32-11-8-27(26(32)35)7-3-10-33(15-27)25-22-18-5-4-16(17-6-9-29-21(13-17)36-2)12-20(18)31-23(22)19(14-30-25)24(28)34/h4-6,9,12-14,31H,3,7-8,10-11,15H2,1-2H3,(H2,28,34)/t27-/m1/s1. The van der Waals surface area contributed by atoms with E-state index in [0.29, 0.717) is 23.5 Å². The van der Waals surface area contributed by atoms with E-state index in [1.54, 1.807) is 19.5 Å². The first-order chi connectivity index (χ1) is 17.4. The van der Waals surface area contributed by atoms with Crippen molar-refractivity contribution in [2.75, 3.05) is 38.7 Å². The molecule has 9 nitrogen and oxygen atoms in total. The Morgan fingerprint density at radius 1 is 1.14 bits per heavy atom. The number of hydrogen-bond acceptors (Lipinski definition) is 6. The molecule has 0 radical (unpaired) electrons. The largest absolute Gasteiger partial charge is 0.481 e. The van der Waals surface area contributed by atoms with E-state index in [4.69, 9.17) is 15.5 Å². The minimum absolute atomic E-state index is 0.216. The third-order valence-electron chi connectivity index (χ3n) is 7.75. The molecule has 1 aromatic carbocycles. The van der Waals surface area contributed by atoms with Crippen molar-refractivity contribution in [3.05, 3.63) is 48.3 Å². The number of nitrogens with one attached hydrogen (secondary N) is 1. The fourth-order valence-electron chi connectivity index (χ4n) is 5.88. The molecule has 184 valence electrons. The molecule has 5 heterocycles. The molecule has 0 saturated carbocycles. The Hall–Kier alpha value is -4.14. The molecule has 2 fully saturated rings. The van der Waals surface area contributed by atoms with Gasteiger partial charge in [-0.25, -0.2) is 9.97 Å². The van der Waals surface area contributed by atoms with E-state index in [1.807, 2.05) is 42.3 Å². The normalized spacial score (nSPS) is 20.1. The Bertz CT molecular complexity index is 1530. The van der Waals surface area contributed by atoms with Crippen LogP contribution < -0.4 is 15.4 Å². The van der Waals surface area contributed by atoms with Gasteiger partial charge in [-0.2, -0.15) is 0 Å². The number of carbonyl (C=O) groups excluding carboxylic acids is 2. The van der Waals surface area contributed by atoms with Gasteiger partial charge < -0.3 is 25.3 Å². The number of nitrogens with two attached hydrogens (primary N) is 1. The summed E-state index contributed by atoms with van der Waals surface area (Å²) in [6, 6.07) is 9.94. The molecule has 2 aliphatic rings. The average Bonchev–Trinajstić information content (AvgIpc) is 3.41. The quantitative estimate of drug-likeness (QED) is 0.459. The topological polar surface area (TPSA) is 117 Å². The number of amides is 2. The van der Waals surface area contributed by atoms with Crippen LogP contribution in [-0.4, -0.2) is 65.5 Å². The molecule has 4 aromatic rings. The number of likely N-dealkylation sites (tertiary alicyclic amines) is 1. The number of rotatable bonds is 4. The highest BCUT2D eigenvalue weighted by Crippen LogP contribution is 2.43. The van der Waals surface area contributed by atoms with Gasteiger partial charge in [-0.3, -0.25) is 9.59 Å². The average molecular weight is 485 g/mol. The van der Waals surface area contributed by atoms with Crippen molar-refractivity contribution < 1.29 is 14.3 Å². The van der Waals surface area contributed by atoms with Crippen LogP contribution in [0.2, 0.25) is 0 Å². The number of aromatic amines is 1. The predicted molar refractivity (Wildman–Crippen MR) is 138 cm³/mol. The van der Waals surface area contributed by atoms with Crippen molar-refractivity contribution in [2.24, 2.45) is 11.1 Å². The molecule has 3 aromatic heterocycles. The SMILES string of the molecule is COc1cc(-c2ccc3c(c2)[nH]c2c(C(N)=O)cnc(N4CCC[C@@]5(CCN(C)C5=O)C4)c23)ccn1. The summed E-state index contributed by atoms with van der Waals surface area (Å²) in [6.45, 7) is 2.21. The van der Waals surface area contributed by atoms with Crippen molar-refractivity contribution in [1.82, 2.24) is 19.9 Å². The van der Waals surface area contributed by atoms with Crippen LogP contribution in [0.3, 0.4) is 0 Å². The lowest BCUT2D eigenvalue weighted by Crippen LogP contribution is -2.47. The molecular formula is C27H28N6O3. The van der Waals surface area contributed by atoms with Crippen LogP contribution in [0.25, 0.3) is 32.9 Å². The van der Waals surface area contributed by atoms with Gasteiger partial charge in [-0.1, -0.05) is 12.1 Å². The number of piperidine rings is 1. The molecule has 0 aliphatic carbocycles. The van der Waals surface area contributed by atoms with E-state index in [2.05, 4.69) is 14.9 Å². The van der Waals surface area contributed by atoms with Crippen molar-refractivity contribution in [3.8, 4) is 17.0 Å². The summed E-state index contributed by atoms with van der Waals surface area (Å²) in [5.41, 5.74) is 9.20. The smallest absolute Gasteiger partial charge is 0.252 e. The molecule has 3 N–H and O–H groups in total. The van der Waals surface area contributed by atoms with Crippen LogP contribution in [0.4, 0.5) is 5.82 Å². The molecule has 2 amide bonds. The minimum Gasteiger partial charge on any atom is -0.481 e. The second kappa shape index (κ2) is 8.22. The van der Waals surface area contributed by atoms with Crippen LogP contribution >= 0.6 is 0 Å². The zero-order valence-corrected chi connectivity index (χ0v) is 20.4. The number of aromatic nitrogens is 3. The molecule has 1 spiro atoms. The zero-order valence-electron chi connectivity index (χ0n) is 20.4. The Balaban J connectivity index is 1.50. The Morgan fingerprint density at radius 3 is 2.72 bits per heavy atom. The van der Waals surface area contributed by atoms with Gasteiger partial charge in [0.05, 0.1) is 29.0 Å². The summed E-state index contributed by atoms with van der Waals surface area (Å²) in [5, 5.41) is 1.81. The molecule has 0 bridgehead atoms. The fraction of sp³-hybridized carbons (Fsp3) is 0.333. The highest BCUT2D eigenvalue weighted by Gasteiger charge is 2.48. The number of methoxy groups -OCH3 is 1. The summed E-state index contributed by atoms with van der Waals surface area (Å²) in [4.78, 5) is 41.7. The highest BCUT2D eigenvalue weighted by atomic mass is 16.5. The number of carbonyl (C=O) groups is 2. The number of benzene rings is 1. The minimum atomic E-state index is -0.535. The van der Waals surface area contributed by atoms with Crippen LogP contribution in [0.1, 0.15) is 29.6 Å². The molecule has 9 heteroatoms. The molecule has 2 aliphatic heterocycles. The lowest BCUT2D eigenvalue weighted by molar-refractivity contribution is -0.135. The van der Waals surface area contributed by atoms with Gasteiger partial charge in [-0.15, -0.1) is 0 Å². The summed E-state index contributed by atoms with van der Waals surface area (Å²) < 4.78 is 5.28. The highest BCUT2D eigenvalue weighted by molar-refractivity contribution is 6.18. The number of H-pyrrole nitrogens is 1. The Labute approximate surface area is 208 Å². The van der Waals surface area contributed by atoms with Crippen molar-refractivity contribution >= 4 is 39.4 Å². The van der Waals surface area contributed by atoms with Gasteiger partial charge in [-0.05, 0) is 42.5 Å². The third-order valence-corrected chi connectivity index (χ3v) is 7.75. The summed E-state index contributed by atoms with van der Waals surface area (Å²) in [5.74, 6) is 1.000. The van der Waals surface area contributed by atoms with Gasteiger partial charge in [0.2, 0.25) is 11.8 Å². The van der Waals surface area contributed by atoms with Gasteiger partial charge in [0, 0.05) is 56.0 Å². The van der Waals surface area contributed by atoms with Crippen LogP contribution in [0.5, 0.6) is 5.88 Å². The second-order valence-electron chi connectivity index (χ2n) is 9.86. The van der Waals surface area contributed by atoms with E-state index in [0.717, 1.165) is 65.6 Å². The molecule has 6 rings (SSSR count). The molecule has 36 heavy (non-hydrogen) atoms. The lowest BCUT2D eigenvalue weighted by atomic mass is 9.78. The third kappa shape index (κ3) is 3.37. The van der Waals surface area contributed by atoms with Gasteiger partial charge in [0.25, 0.3) is 5.91 Å². The summed E-state index contributed by atoms with van der Waals surface area (Å²) >= 11 is 0. The zero-order chi connectivity index (χ0) is 25.0. The Kier molecular flexibility index (Phi) is 5.10. The number of hydrogen-bond donors (Lipinski definition) is 2. The van der Waals surface area contributed by atoms with Crippen molar-refractivity contribution in [2.45, 2.75) is 19.3 Å². The van der Waals surface area contributed by atoms with Gasteiger partial charge in [0.1, 0.15) is 5.82 Å². The van der Waals surface area contributed by atoms with Crippen LogP contribution in [0.15, 0.2) is 42.7 Å². The molecule has 2 saturated heterocycles. The van der Waals surface area contributed by atoms with Crippen molar-refractivity contribution in [1.29, 1.82) is 0 Å². The number of primary amides is 1. The van der Waals surface area contributed by atoms with Crippen molar-refractivity contribution in [3.63, 3.8) is 0 Å². The molecular weight excluding hydrogens is 456 g/mol. The molecule has 1 atom stereocenters. The van der Waals surface area contributed by atoms with Gasteiger partial charge in [0.15, 0.2) is 0 Å². The van der Waals surface area contributed by atoms with Gasteiger partial charge >= 0.3 is 0 Å². The monoisotopic (exact) mass is 484 g/mol. The number of fused-ring (bicyclic) bond motifs is 3. The summed E-state index contributed by atoms with van der Waals surface area (Å²) in [6.07, 6.45) is 5.92. The van der Waals surface area contributed by atoms with E-state index < -0.39 is 5.91 Å². The fourth-order valence-corrected chi connectivity index (χ4v) is 5.88. The van der Waals surface area contributed by atoms with Crippen LogP contribution in [0, 0.1) is 5.41 Å². The maximum Gasteiger partial charge on any atom is 0.252 e. The number of anilines is 1. The van der Waals surface area contributed by atoms with E-state index >= 15 is 0 Å². The van der Waals surface area contributed by atoms with Crippen LogP contribution in [-0.2, 0) is 4.79 Å². The Morgan fingerprint density at radius 2 is 1.97 bits per heavy atom. The first-order valence-electron chi connectivity index (χ1n) is 12.2. The number of nitrogens with zero attached hydrogens (tertiary/aromatic N) is 4. The van der Waals surface area contributed by atoms with E-state index in [1.165, 1.54) is 0 Å². The first kappa shape index (κ1) is 22.3. The van der Waals surface area contributed by atoms with E-state index in [-0.39, 0.29) is 11.3 Å². The number of pyridine rings is 2. The molecule has 0 unspecified atom stereocenters. The maximum absolute atomic E-state index is 13.0. The lowest BCUT2D eigenvalue weighted by Gasteiger charge is -2.39. The maximum atomic E-state index is 13.0. The number of ether oxygens (including phenoxy) is 1. The van der Waals surface area contributed by atoms with E-state index in [9.17, 15) is 9.59 Å².